The van der Waals surface area contributed by atoms with E-state index >= 15 is 0 Å². The second kappa shape index (κ2) is 8.79. The lowest BCUT2D eigenvalue weighted by atomic mass is 10.1. The second-order valence-corrected chi connectivity index (χ2v) is 6.99. The topological polar surface area (TPSA) is 86.1 Å². The number of carbonyl (C=O) groups excluding carboxylic acids is 1. The van der Waals surface area contributed by atoms with E-state index in [-0.39, 0.29) is 24.6 Å². The molecule has 0 saturated carbocycles. The Hall–Kier alpha value is -3.32. The molecule has 3 rings (SSSR count). The van der Waals surface area contributed by atoms with Gasteiger partial charge in [0.1, 0.15) is 12.4 Å². The zero-order valence-electron chi connectivity index (χ0n) is 17.0. The number of benzene rings is 1. The maximum Gasteiger partial charge on any atom is 0.254 e. The molecule has 0 radical (unpaired) electrons. The van der Waals surface area contributed by atoms with Crippen LogP contribution in [-0.4, -0.2) is 27.6 Å². The second-order valence-electron chi connectivity index (χ2n) is 6.99. The summed E-state index contributed by atoms with van der Waals surface area (Å²) < 4.78 is 6.47. The Bertz CT molecular complexity index is 1070. The van der Waals surface area contributed by atoms with Crippen molar-refractivity contribution in [2.24, 2.45) is 0 Å². The number of aryl methyl sites for hydroxylation is 3. The van der Waals surface area contributed by atoms with Crippen LogP contribution >= 0.6 is 0 Å². The third-order valence-corrected chi connectivity index (χ3v) is 4.54. The summed E-state index contributed by atoms with van der Waals surface area (Å²) in [6, 6.07) is 8.92. The molecule has 0 aliphatic rings. The number of aromatic nitrogens is 3. The third kappa shape index (κ3) is 4.75. The third-order valence-electron chi connectivity index (χ3n) is 4.54. The molecule has 0 aliphatic carbocycles. The average Bonchev–Trinajstić information content (AvgIpc) is 2.67. The Balaban J connectivity index is 1.96. The summed E-state index contributed by atoms with van der Waals surface area (Å²) >= 11 is 0. The van der Waals surface area contributed by atoms with Gasteiger partial charge < -0.3 is 10.1 Å². The smallest absolute Gasteiger partial charge is 0.254 e. The van der Waals surface area contributed by atoms with Gasteiger partial charge in [0.25, 0.3) is 5.56 Å². The normalized spacial score (nSPS) is 10.8. The van der Waals surface area contributed by atoms with E-state index < -0.39 is 0 Å². The Kier molecular flexibility index (Phi) is 6.19. The zero-order chi connectivity index (χ0) is 21.0. The largest absolute Gasteiger partial charge is 0.378 e. The number of rotatable bonds is 6. The molecule has 0 spiro atoms. The Labute approximate surface area is 169 Å². The number of nitrogens with zero attached hydrogens (tertiary/aromatic N) is 3. The highest BCUT2D eigenvalue weighted by molar-refractivity contribution is 5.92. The number of amides is 1. The van der Waals surface area contributed by atoms with Gasteiger partial charge >= 0.3 is 0 Å². The number of methoxy groups -OCH3 is 1. The van der Waals surface area contributed by atoms with Crippen molar-refractivity contribution in [2.45, 2.75) is 33.9 Å². The first-order valence-electron chi connectivity index (χ1n) is 9.27. The SMILES string of the molecule is COCc1cc(=O)n(CC(=O)Nc2c(C)cc(C)cc2C)c(-c2ccncc2)n1. The molecule has 7 nitrogen and oxygen atoms in total. The van der Waals surface area contributed by atoms with Crippen LogP contribution in [0, 0.1) is 20.8 Å². The number of pyridine rings is 1. The van der Waals surface area contributed by atoms with Crippen molar-refractivity contribution in [2.75, 3.05) is 12.4 Å². The van der Waals surface area contributed by atoms with Crippen molar-refractivity contribution in [3.8, 4) is 11.4 Å². The van der Waals surface area contributed by atoms with E-state index in [9.17, 15) is 9.59 Å². The number of ether oxygens (including phenoxy) is 1. The highest BCUT2D eigenvalue weighted by Crippen LogP contribution is 2.22. The van der Waals surface area contributed by atoms with Crippen molar-refractivity contribution in [1.82, 2.24) is 14.5 Å². The molecule has 0 fully saturated rings. The van der Waals surface area contributed by atoms with Crippen LogP contribution in [0.5, 0.6) is 0 Å². The van der Waals surface area contributed by atoms with Gasteiger partial charge in [0, 0.05) is 36.8 Å². The molecule has 1 aromatic carbocycles. The predicted octanol–water partition coefficient (Wildman–Crippen LogP) is 3.02. The highest BCUT2D eigenvalue weighted by atomic mass is 16.5. The minimum absolute atomic E-state index is 0.149. The summed E-state index contributed by atoms with van der Waals surface area (Å²) in [7, 11) is 1.54. The van der Waals surface area contributed by atoms with Gasteiger partial charge in [-0.15, -0.1) is 0 Å². The van der Waals surface area contributed by atoms with Gasteiger partial charge in [-0.2, -0.15) is 0 Å². The van der Waals surface area contributed by atoms with Crippen LogP contribution in [-0.2, 0) is 22.7 Å². The van der Waals surface area contributed by atoms with Gasteiger partial charge in [-0.05, 0) is 44.0 Å². The van der Waals surface area contributed by atoms with E-state index in [0.29, 0.717) is 17.1 Å². The maximum atomic E-state index is 12.8. The van der Waals surface area contributed by atoms with Gasteiger partial charge in [-0.1, -0.05) is 17.7 Å². The van der Waals surface area contributed by atoms with Crippen LogP contribution in [0.1, 0.15) is 22.4 Å². The summed E-state index contributed by atoms with van der Waals surface area (Å²) in [4.78, 5) is 34.1. The number of carbonyl (C=O) groups is 1. The summed E-state index contributed by atoms with van der Waals surface area (Å²) in [5.41, 5.74) is 4.75. The molecule has 150 valence electrons. The van der Waals surface area contributed by atoms with Crippen LogP contribution in [0.2, 0.25) is 0 Å². The first-order valence-corrected chi connectivity index (χ1v) is 9.27. The minimum atomic E-state index is -0.314. The predicted molar refractivity (Wildman–Crippen MR) is 112 cm³/mol. The molecular formula is C22H24N4O3. The molecule has 0 unspecified atom stereocenters. The zero-order valence-corrected chi connectivity index (χ0v) is 17.0. The van der Waals surface area contributed by atoms with Gasteiger partial charge in [0.05, 0.1) is 12.3 Å². The summed E-state index contributed by atoms with van der Waals surface area (Å²) in [5, 5.41) is 2.94. The number of anilines is 1. The van der Waals surface area contributed by atoms with Crippen LogP contribution in [0.3, 0.4) is 0 Å². The first-order chi connectivity index (χ1) is 13.9. The van der Waals surface area contributed by atoms with Crippen LogP contribution in [0.4, 0.5) is 5.69 Å². The number of hydrogen-bond acceptors (Lipinski definition) is 5. The molecule has 0 saturated heterocycles. The first kappa shape index (κ1) is 20.4. The van der Waals surface area contributed by atoms with Crippen LogP contribution < -0.4 is 10.9 Å². The molecule has 3 aromatic rings. The van der Waals surface area contributed by atoms with Crippen molar-refractivity contribution in [3.05, 3.63) is 75.5 Å². The fraction of sp³-hybridized carbons (Fsp3) is 0.273. The van der Waals surface area contributed by atoms with Crippen molar-refractivity contribution in [3.63, 3.8) is 0 Å². The molecule has 29 heavy (non-hydrogen) atoms. The lowest BCUT2D eigenvalue weighted by Gasteiger charge is -2.16. The number of hydrogen-bond donors (Lipinski definition) is 1. The highest BCUT2D eigenvalue weighted by Gasteiger charge is 2.15. The van der Waals surface area contributed by atoms with E-state index in [4.69, 9.17) is 4.74 Å². The molecule has 2 heterocycles. The van der Waals surface area contributed by atoms with E-state index in [1.54, 1.807) is 31.6 Å². The Morgan fingerprint density at radius 2 is 1.76 bits per heavy atom. The van der Waals surface area contributed by atoms with E-state index in [0.717, 1.165) is 22.4 Å². The van der Waals surface area contributed by atoms with Crippen molar-refractivity contribution < 1.29 is 9.53 Å². The monoisotopic (exact) mass is 392 g/mol. The number of nitrogens with one attached hydrogen (secondary N) is 1. The Morgan fingerprint density at radius 3 is 2.38 bits per heavy atom. The summed E-state index contributed by atoms with van der Waals surface area (Å²) in [6.07, 6.45) is 3.24. The van der Waals surface area contributed by atoms with Crippen LogP contribution in [0.15, 0.2) is 47.5 Å². The Morgan fingerprint density at radius 1 is 1.10 bits per heavy atom. The summed E-state index contributed by atoms with van der Waals surface area (Å²) in [6.45, 7) is 5.97. The lowest BCUT2D eigenvalue weighted by Crippen LogP contribution is -2.30. The van der Waals surface area contributed by atoms with Crippen LogP contribution in [0.25, 0.3) is 11.4 Å². The fourth-order valence-electron chi connectivity index (χ4n) is 3.35. The molecule has 1 amide bonds. The molecule has 1 N–H and O–H groups in total. The maximum absolute atomic E-state index is 12.8. The quantitative estimate of drug-likeness (QED) is 0.697. The van der Waals surface area contributed by atoms with Gasteiger partial charge in [0.2, 0.25) is 5.91 Å². The minimum Gasteiger partial charge on any atom is -0.378 e. The van der Waals surface area contributed by atoms with Crippen molar-refractivity contribution >= 4 is 11.6 Å². The molecule has 0 atom stereocenters. The van der Waals surface area contributed by atoms with Gasteiger partial charge in [-0.25, -0.2) is 4.98 Å². The molecule has 7 heteroatoms. The van der Waals surface area contributed by atoms with Crippen molar-refractivity contribution in [1.29, 1.82) is 0 Å². The fourth-order valence-corrected chi connectivity index (χ4v) is 3.35. The molecule has 0 aliphatic heterocycles. The van der Waals surface area contributed by atoms with Gasteiger partial charge in [0.15, 0.2) is 0 Å². The molecular weight excluding hydrogens is 368 g/mol. The average molecular weight is 392 g/mol. The molecule has 2 aromatic heterocycles. The van der Waals surface area contributed by atoms with Gasteiger partial charge in [-0.3, -0.25) is 19.1 Å². The standard InChI is InChI=1S/C22H24N4O3/c1-14-9-15(2)21(16(3)10-14)25-19(27)12-26-20(28)11-18(13-29-4)24-22(26)17-5-7-23-8-6-17/h5-11H,12-13H2,1-4H3,(H,25,27). The lowest BCUT2D eigenvalue weighted by molar-refractivity contribution is -0.116. The van der Waals surface area contributed by atoms with E-state index in [2.05, 4.69) is 15.3 Å². The van der Waals surface area contributed by atoms with E-state index in [1.807, 2.05) is 32.9 Å². The summed E-state index contributed by atoms with van der Waals surface area (Å²) in [5.74, 6) is 0.109. The van der Waals surface area contributed by atoms with E-state index in [1.165, 1.54) is 10.6 Å². The molecule has 0 bridgehead atoms.